The summed E-state index contributed by atoms with van der Waals surface area (Å²) in [6.07, 6.45) is 0.859. The molecule has 0 aliphatic carbocycles. The Kier molecular flexibility index (Phi) is 4.64. The number of benzene rings is 1. The summed E-state index contributed by atoms with van der Waals surface area (Å²) < 4.78 is 0. The van der Waals surface area contributed by atoms with Gasteiger partial charge in [0.2, 0.25) is 0 Å². The van der Waals surface area contributed by atoms with Crippen molar-refractivity contribution in [3.05, 3.63) is 40.6 Å². The number of hydrogen-bond donors (Lipinski definition) is 2. The maximum absolute atomic E-state index is 5.95. The molecule has 0 amide bonds. The van der Waals surface area contributed by atoms with E-state index in [0.29, 0.717) is 23.1 Å². The first-order valence-corrected chi connectivity index (χ1v) is 6.69. The van der Waals surface area contributed by atoms with Crippen LogP contribution in [-0.4, -0.2) is 24.7 Å². The number of allylic oxidation sites excluding steroid dienone is 1. The van der Waals surface area contributed by atoms with Gasteiger partial charge in [-0.25, -0.2) is 0 Å². The maximum atomic E-state index is 5.95. The van der Waals surface area contributed by atoms with E-state index in [9.17, 15) is 0 Å². The second-order valence-electron chi connectivity index (χ2n) is 4.10. The number of nitrogens with zero attached hydrogens (tertiary/aromatic N) is 1. The predicted molar refractivity (Wildman–Crippen MR) is 78.0 cm³/mol. The van der Waals surface area contributed by atoms with Crippen LogP contribution in [-0.2, 0) is 0 Å². The van der Waals surface area contributed by atoms with Crippen LogP contribution < -0.4 is 11.1 Å². The van der Waals surface area contributed by atoms with Crippen LogP contribution in [0.25, 0.3) is 0 Å². The zero-order chi connectivity index (χ0) is 13.0. The summed E-state index contributed by atoms with van der Waals surface area (Å²) in [5.41, 5.74) is 9.48. The molecule has 0 aromatic heterocycles. The predicted octanol–water partition coefficient (Wildman–Crippen LogP) is 2.86. The highest BCUT2D eigenvalue weighted by molar-refractivity contribution is 6.30. The van der Waals surface area contributed by atoms with Gasteiger partial charge in [0, 0.05) is 17.3 Å². The van der Waals surface area contributed by atoms with E-state index in [2.05, 4.69) is 10.3 Å². The number of rotatable bonds is 2. The molecule has 1 fully saturated rings. The molecule has 2 rings (SSSR count). The number of alkyl halides is 1. The van der Waals surface area contributed by atoms with Crippen molar-refractivity contribution in [2.45, 2.75) is 6.42 Å². The van der Waals surface area contributed by atoms with E-state index < -0.39 is 0 Å². The van der Waals surface area contributed by atoms with Crippen molar-refractivity contribution in [2.75, 3.05) is 19.0 Å². The average molecular weight is 284 g/mol. The molecule has 0 radical (unpaired) electrons. The Labute approximate surface area is 117 Å². The van der Waals surface area contributed by atoms with Crippen LogP contribution in [0.1, 0.15) is 6.42 Å². The van der Waals surface area contributed by atoms with Crippen LogP contribution in [0.2, 0.25) is 5.02 Å². The second kappa shape index (κ2) is 6.23. The number of aliphatic imine (C=N–C) groups is 1. The number of hydrogen-bond acceptors (Lipinski definition) is 3. The molecule has 1 saturated heterocycles. The molecule has 5 heteroatoms. The minimum Gasteiger partial charge on any atom is -0.401 e. The molecule has 0 bridgehead atoms. The van der Waals surface area contributed by atoms with E-state index in [4.69, 9.17) is 28.9 Å². The summed E-state index contributed by atoms with van der Waals surface area (Å²) in [7, 11) is 0. The third-order valence-corrected chi connectivity index (χ3v) is 3.32. The van der Waals surface area contributed by atoms with Gasteiger partial charge in [-0.1, -0.05) is 17.7 Å². The van der Waals surface area contributed by atoms with Crippen molar-refractivity contribution < 1.29 is 0 Å². The maximum Gasteiger partial charge on any atom is 0.0648 e. The normalized spacial score (nSPS) is 21.1. The Balaban J connectivity index is 2.35. The van der Waals surface area contributed by atoms with Gasteiger partial charge in [0.05, 0.1) is 17.3 Å². The molecule has 3 nitrogen and oxygen atoms in total. The molecule has 3 N–H and O–H groups in total. The third kappa shape index (κ3) is 3.25. The molecule has 0 unspecified atom stereocenters. The summed E-state index contributed by atoms with van der Waals surface area (Å²) in [4.78, 5) is 4.60. The fourth-order valence-electron chi connectivity index (χ4n) is 1.91. The second-order valence-corrected chi connectivity index (χ2v) is 4.81. The van der Waals surface area contributed by atoms with Crippen LogP contribution >= 0.6 is 23.2 Å². The molecule has 1 aliphatic rings. The molecule has 1 aromatic carbocycles. The van der Waals surface area contributed by atoms with Gasteiger partial charge in [0.25, 0.3) is 0 Å². The number of piperidine rings is 1. The minimum absolute atomic E-state index is 0.337. The Bertz CT molecular complexity index is 495. The first-order chi connectivity index (χ1) is 8.70. The van der Waals surface area contributed by atoms with Gasteiger partial charge >= 0.3 is 0 Å². The highest BCUT2D eigenvalue weighted by atomic mass is 35.5. The first-order valence-electron chi connectivity index (χ1n) is 5.78. The molecule has 1 aliphatic heterocycles. The lowest BCUT2D eigenvalue weighted by molar-refractivity contribution is 0.727. The van der Waals surface area contributed by atoms with E-state index in [1.807, 2.05) is 24.3 Å². The van der Waals surface area contributed by atoms with Gasteiger partial charge in [-0.15, -0.1) is 11.6 Å². The van der Waals surface area contributed by atoms with Gasteiger partial charge in [-0.05, 0) is 36.7 Å². The number of nitrogens with one attached hydrogen (secondary N) is 1. The van der Waals surface area contributed by atoms with E-state index in [0.717, 1.165) is 29.9 Å². The molecule has 1 aromatic rings. The lowest BCUT2D eigenvalue weighted by Crippen LogP contribution is -2.33. The van der Waals surface area contributed by atoms with Crippen molar-refractivity contribution in [2.24, 2.45) is 10.7 Å². The average Bonchev–Trinajstić information content (AvgIpc) is 2.38. The Morgan fingerprint density at radius 3 is 3.00 bits per heavy atom. The summed E-state index contributed by atoms with van der Waals surface area (Å²) in [5.74, 6) is 0.337. The molecule has 96 valence electrons. The Morgan fingerprint density at radius 2 is 2.28 bits per heavy atom. The molecular formula is C13H15Cl2N3. The minimum atomic E-state index is 0.337. The first kappa shape index (κ1) is 13.4. The van der Waals surface area contributed by atoms with Crippen molar-refractivity contribution in [1.29, 1.82) is 0 Å². The van der Waals surface area contributed by atoms with Crippen LogP contribution in [0, 0.1) is 0 Å². The quantitative estimate of drug-likeness (QED) is 0.820. The molecule has 0 spiro atoms. The van der Waals surface area contributed by atoms with Crippen LogP contribution in [0.5, 0.6) is 0 Å². The van der Waals surface area contributed by atoms with E-state index in [-0.39, 0.29) is 0 Å². The molecule has 1 heterocycles. The largest absolute Gasteiger partial charge is 0.401 e. The number of halogens is 2. The SMILES string of the molecule is N/C(CCl)=C1/CCNCC1=Nc1cccc(Cl)c1. The topological polar surface area (TPSA) is 50.4 Å². The third-order valence-electron chi connectivity index (χ3n) is 2.80. The summed E-state index contributed by atoms with van der Waals surface area (Å²) in [6.45, 7) is 1.61. The van der Waals surface area contributed by atoms with Crippen LogP contribution in [0.4, 0.5) is 5.69 Å². The lowest BCUT2D eigenvalue weighted by Gasteiger charge is -2.20. The summed E-state index contributed by atoms with van der Waals surface area (Å²) in [6, 6.07) is 7.46. The summed E-state index contributed by atoms with van der Waals surface area (Å²) in [5, 5.41) is 3.96. The molecule has 0 saturated carbocycles. The smallest absolute Gasteiger partial charge is 0.0648 e. The zero-order valence-electron chi connectivity index (χ0n) is 9.92. The summed E-state index contributed by atoms with van der Waals surface area (Å²) >= 11 is 11.7. The van der Waals surface area contributed by atoms with Gasteiger partial charge in [-0.3, -0.25) is 4.99 Å². The number of nitrogens with two attached hydrogens (primary N) is 1. The highest BCUT2D eigenvalue weighted by Gasteiger charge is 2.15. The van der Waals surface area contributed by atoms with Crippen molar-refractivity contribution in [1.82, 2.24) is 5.32 Å². The Morgan fingerprint density at radius 1 is 1.44 bits per heavy atom. The molecule has 18 heavy (non-hydrogen) atoms. The van der Waals surface area contributed by atoms with Gasteiger partial charge < -0.3 is 11.1 Å². The lowest BCUT2D eigenvalue weighted by atomic mass is 10.0. The fraction of sp³-hybridized carbons (Fsp3) is 0.308. The standard InChI is InChI=1S/C13H15Cl2N3/c14-7-12(16)11-4-5-17-8-13(11)18-10-3-1-2-9(15)6-10/h1-3,6,17H,4-5,7-8,16H2/b12-11-,18-13?. The van der Waals surface area contributed by atoms with Crippen molar-refractivity contribution in [3.8, 4) is 0 Å². The van der Waals surface area contributed by atoms with Gasteiger partial charge in [-0.2, -0.15) is 0 Å². The van der Waals surface area contributed by atoms with Crippen molar-refractivity contribution >= 4 is 34.6 Å². The Hall–Kier alpha value is -1.03. The monoisotopic (exact) mass is 283 g/mol. The fourth-order valence-corrected chi connectivity index (χ4v) is 2.25. The van der Waals surface area contributed by atoms with Crippen LogP contribution in [0.15, 0.2) is 40.5 Å². The van der Waals surface area contributed by atoms with E-state index in [1.54, 1.807) is 0 Å². The van der Waals surface area contributed by atoms with Gasteiger partial charge in [0.1, 0.15) is 0 Å². The van der Waals surface area contributed by atoms with Crippen LogP contribution in [0.3, 0.4) is 0 Å². The molecular weight excluding hydrogens is 269 g/mol. The van der Waals surface area contributed by atoms with E-state index >= 15 is 0 Å². The van der Waals surface area contributed by atoms with E-state index in [1.165, 1.54) is 0 Å². The van der Waals surface area contributed by atoms with Crippen molar-refractivity contribution in [3.63, 3.8) is 0 Å². The highest BCUT2D eigenvalue weighted by Crippen LogP contribution is 2.21. The molecule has 0 atom stereocenters. The van der Waals surface area contributed by atoms with Gasteiger partial charge in [0.15, 0.2) is 0 Å². The zero-order valence-corrected chi connectivity index (χ0v) is 11.4.